The first-order valence-electron chi connectivity index (χ1n) is 5.57. The summed E-state index contributed by atoms with van der Waals surface area (Å²) in [5.74, 6) is -1.27. The van der Waals surface area contributed by atoms with Gasteiger partial charge in [-0.25, -0.2) is 9.18 Å². The van der Waals surface area contributed by atoms with Crippen molar-refractivity contribution in [3.8, 4) is 0 Å². The molecule has 2 aromatic carbocycles. The number of carboxylic acid groups (broad SMARTS) is 1. The summed E-state index contributed by atoms with van der Waals surface area (Å²) in [7, 11) is 0. The molecular formula is C14H11BrFNO2. The number of hydrogen-bond acceptors (Lipinski definition) is 2. The topological polar surface area (TPSA) is 49.3 Å². The van der Waals surface area contributed by atoms with E-state index in [2.05, 4.69) is 21.2 Å². The van der Waals surface area contributed by atoms with E-state index in [1.807, 2.05) is 0 Å². The van der Waals surface area contributed by atoms with Crippen LogP contribution in [0.1, 0.15) is 15.9 Å². The molecule has 2 aromatic rings. The second kappa shape index (κ2) is 5.84. The van der Waals surface area contributed by atoms with Crippen molar-refractivity contribution in [3.63, 3.8) is 0 Å². The van der Waals surface area contributed by atoms with Crippen LogP contribution in [0.3, 0.4) is 0 Å². The highest BCUT2D eigenvalue weighted by molar-refractivity contribution is 9.10. The van der Waals surface area contributed by atoms with Gasteiger partial charge in [-0.15, -0.1) is 0 Å². The first kappa shape index (κ1) is 13.5. The fourth-order valence-corrected chi connectivity index (χ4v) is 2.14. The van der Waals surface area contributed by atoms with Gasteiger partial charge in [-0.05, 0) is 35.9 Å². The summed E-state index contributed by atoms with van der Waals surface area (Å²) in [5.41, 5.74) is 1.80. The molecule has 0 amide bonds. The minimum Gasteiger partial charge on any atom is -0.478 e. The van der Waals surface area contributed by atoms with E-state index < -0.39 is 5.97 Å². The van der Waals surface area contributed by atoms with Gasteiger partial charge in [0.2, 0.25) is 0 Å². The molecular weight excluding hydrogens is 313 g/mol. The van der Waals surface area contributed by atoms with Crippen LogP contribution >= 0.6 is 15.9 Å². The molecule has 0 aliphatic rings. The molecule has 98 valence electrons. The molecule has 0 atom stereocenters. The highest BCUT2D eigenvalue weighted by Crippen LogP contribution is 2.20. The van der Waals surface area contributed by atoms with Gasteiger partial charge in [-0.3, -0.25) is 0 Å². The molecule has 0 aliphatic carbocycles. The van der Waals surface area contributed by atoms with Crippen molar-refractivity contribution in [2.75, 3.05) is 5.32 Å². The maximum Gasteiger partial charge on any atom is 0.335 e. The number of hydrogen-bond donors (Lipinski definition) is 2. The third-order valence-corrected chi connectivity index (χ3v) is 3.35. The van der Waals surface area contributed by atoms with Gasteiger partial charge in [0, 0.05) is 16.7 Å². The lowest BCUT2D eigenvalue weighted by atomic mass is 10.1. The minimum atomic E-state index is -0.967. The molecule has 0 unspecified atom stereocenters. The average Bonchev–Trinajstić information content (AvgIpc) is 2.37. The first-order chi connectivity index (χ1) is 9.06. The number of aromatic carboxylic acids is 1. The standard InChI is InChI=1S/C14H11BrFNO2/c15-13-6-9(14(18)19)4-5-10(13)8-17-12-3-1-2-11(16)7-12/h1-7,17H,8H2,(H,18,19). The lowest BCUT2D eigenvalue weighted by Gasteiger charge is -2.09. The molecule has 5 heteroatoms. The number of carboxylic acids is 1. The molecule has 0 radical (unpaired) electrons. The maximum absolute atomic E-state index is 13.0. The van der Waals surface area contributed by atoms with Crippen LogP contribution in [0.5, 0.6) is 0 Å². The Hall–Kier alpha value is -1.88. The molecule has 0 heterocycles. The number of carbonyl (C=O) groups is 1. The smallest absolute Gasteiger partial charge is 0.335 e. The van der Waals surface area contributed by atoms with Crippen LogP contribution in [0.2, 0.25) is 0 Å². The molecule has 3 nitrogen and oxygen atoms in total. The van der Waals surface area contributed by atoms with Crippen LogP contribution in [0.15, 0.2) is 46.9 Å². The number of anilines is 1. The van der Waals surface area contributed by atoms with Crippen LogP contribution in [0, 0.1) is 5.82 Å². The molecule has 0 spiro atoms. The Morgan fingerprint density at radius 3 is 2.68 bits per heavy atom. The lowest BCUT2D eigenvalue weighted by Crippen LogP contribution is -2.02. The second-order valence-electron chi connectivity index (χ2n) is 3.98. The van der Waals surface area contributed by atoms with E-state index in [1.54, 1.807) is 24.3 Å². The molecule has 0 aliphatic heterocycles. The first-order valence-corrected chi connectivity index (χ1v) is 6.37. The Balaban J connectivity index is 2.10. The molecule has 0 saturated heterocycles. The Labute approximate surface area is 118 Å². The Bertz CT molecular complexity index is 616. The van der Waals surface area contributed by atoms with Crippen molar-refractivity contribution in [1.82, 2.24) is 0 Å². The zero-order valence-electron chi connectivity index (χ0n) is 9.86. The van der Waals surface area contributed by atoms with Crippen LogP contribution in [0.25, 0.3) is 0 Å². The Morgan fingerprint density at radius 2 is 2.05 bits per heavy atom. The van der Waals surface area contributed by atoms with E-state index in [0.717, 1.165) is 5.56 Å². The van der Waals surface area contributed by atoms with E-state index in [-0.39, 0.29) is 11.4 Å². The summed E-state index contributed by atoms with van der Waals surface area (Å²) < 4.78 is 13.7. The van der Waals surface area contributed by atoms with Crippen LogP contribution in [-0.2, 0) is 6.54 Å². The Kier molecular flexibility index (Phi) is 4.16. The Morgan fingerprint density at radius 1 is 1.26 bits per heavy atom. The summed E-state index contributed by atoms with van der Waals surface area (Å²) in [6.07, 6.45) is 0. The van der Waals surface area contributed by atoms with E-state index in [4.69, 9.17) is 5.11 Å². The van der Waals surface area contributed by atoms with Crippen molar-refractivity contribution < 1.29 is 14.3 Å². The molecule has 0 saturated carbocycles. The van der Waals surface area contributed by atoms with Gasteiger partial charge in [0.15, 0.2) is 0 Å². The van der Waals surface area contributed by atoms with Gasteiger partial charge in [0.1, 0.15) is 5.82 Å². The number of benzene rings is 2. The van der Waals surface area contributed by atoms with Gasteiger partial charge in [0.05, 0.1) is 5.56 Å². The lowest BCUT2D eigenvalue weighted by molar-refractivity contribution is 0.0697. The van der Waals surface area contributed by atoms with E-state index >= 15 is 0 Å². The van der Waals surface area contributed by atoms with Crippen molar-refractivity contribution >= 4 is 27.6 Å². The molecule has 0 fully saturated rings. The van der Waals surface area contributed by atoms with Crippen molar-refractivity contribution in [3.05, 3.63) is 63.9 Å². The number of rotatable bonds is 4. The predicted molar refractivity (Wildman–Crippen MR) is 74.8 cm³/mol. The highest BCUT2D eigenvalue weighted by atomic mass is 79.9. The van der Waals surface area contributed by atoms with Gasteiger partial charge < -0.3 is 10.4 Å². The minimum absolute atomic E-state index is 0.224. The highest BCUT2D eigenvalue weighted by Gasteiger charge is 2.06. The molecule has 2 rings (SSSR count). The van der Waals surface area contributed by atoms with Crippen molar-refractivity contribution in [2.24, 2.45) is 0 Å². The van der Waals surface area contributed by atoms with Gasteiger partial charge in [-0.1, -0.05) is 28.1 Å². The predicted octanol–water partition coefficient (Wildman–Crippen LogP) is 3.90. The van der Waals surface area contributed by atoms with Crippen LogP contribution in [0.4, 0.5) is 10.1 Å². The SMILES string of the molecule is O=C(O)c1ccc(CNc2cccc(F)c2)c(Br)c1. The van der Waals surface area contributed by atoms with Gasteiger partial charge in [-0.2, -0.15) is 0 Å². The third-order valence-electron chi connectivity index (χ3n) is 2.61. The summed E-state index contributed by atoms with van der Waals surface area (Å²) in [5, 5.41) is 11.9. The zero-order valence-corrected chi connectivity index (χ0v) is 11.4. The summed E-state index contributed by atoms with van der Waals surface area (Å²) in [4.78, 5) is 10.8. The summed E-state index contributed by atoms with van der Waals surface area (Å²) in [6.45, 7) is 0.476. The van der Waals surface area contributed by atoms with Gasteiger partial charge >= 0.3 is 5.97 Å². The number of nitrogens with one attached hydrogen (secondary N) is 1. The normalized spacial score (nSPS) is 10.2. The van der Waals surface area contributed by atoms with Crippen LogP contribution in [-0.4, -0.2) is 11.1 Å². The third kappa shape index (κ3) is 3.54. The quantitative estimate of drug-likeness (QED) is 0.897. The fourth-order valence-electron chi connectivity index (χ4n) is 1.62. The molecule has 0 bridgehead atoms. The monoisotopic (exact) mass is 323 g/mol. The molecule has 2 N–H and O–H groups in total. The largest absolute Gasteiger partial charge is 0.478 e. The van der Waals surface area contributed by atoms with Crippen molar-refractivity contribution in [2.45, 2.75) is 6.54 Å². The molecule has 19 heavy (non-hydrogen) atoms. The molecule has 0 aromatic heterocycles. The number of halogens is 2. The van der Waals surface area contributed by atoms with Gasteiger partial charge in [0.25, 0.3) is 0 Å². The summed E-state index contributed by atoms with van der Waals surface area (Å²) in [6, 6.07) is 11.0. The summed E-state index contributed by atoms with van der Waals surface area (Å²) >= 11 is 3.33. The van der Waals surface area contributed by atoms with Crippen molar-refractivity contribution in [1.29, 1.82) is 0 Å². The second-order valence-corrected chi connectivity index (χ2v) is 4.83. The van der Waals surface area contributed by atoms with E-state index in [1.165, 1.54) is 18.2 Å². The maximum atomic E-state index is 13.0. The van der Waals surface area contributed by atoms with E-state index in [0.29, 0.717) is 16.7 Å². The van der Waals surface area contributed by atoms with E-state index in [9.17, 15) is 9.18 Å². The average molecular weight is 324 g/mol. The zero-order chi connectivity index (χ0) is 13.8. The fraction of sp³-hybridized carbons (Fsp3) is 0.0714. The van der Waals surface area contributed by atoms with Crippen LogP contribution < -0.4 is 5.32 Å².